The Labute approximate surface area is 157 Å². The average Bonchev–Trinajstić information content (AvgIpc) is 3.07. The van der Waals surface area contributed by atoms with E-state index in [1.807, 2.05) is 12.1 Å². The molecule has 0 bridgehead atoms. The molecule has 0 radical (unpaired) electrons. The molecule has 0 saturated carbocycles. The van der Waals surface area contributed by atoms with E-state index in [9.17, 15) is 9.59 Å². The summed E-state index contributed by atoms with van der Waals surface area (Å²) in [6, 6.07) is 7.10. The molecule has 3 aromatic rings. The molecular weight excluding hydrogens is 374 g/mol. The van der Waals surface area contributed by atoms with Crippen molar-refractivity contribution in [3.63, 3.8) is 0 Å². The van der Waals surface area contributed by atoms with E-state index < -0.39 is 5.91 Å². The number of nitrogens with zero attached hydrogens (tertiary/aromatic N) is 4. The molecule has 1 N–H and O–H groups in total. The minimum Gasteiger partial charge on any atom is -0.349 e. The summed E-state index contributed by atoms with van der Waals surface area (Å²) in [5, 5.41) is 8.69. The van der Waals surface area contributed by atoms with Crippen LogP contribution in [0.2, 0.25) is 5.02 Å². The molecule has 0 fully saturated rings. The fraction of sp³-hybridized carbons (Fsp3) is 0.176. The molecule has 132 valence electrons. The molecule has 1 aromatic carbocycles. The van der Waals surface area contributed by atoms with Crippen LogP contribution in [0.3, 0.4) is 0 Å². The lowest BCUT2D eigenvalue weighted by Gasteiger charge is -2.09. The summed E-state index contributed by atoms with van der Waals surface area (Å²) >= 11 is 7.08. The number of thiophene rings is 1. The molecule has 0 spiro atoms. The van der Waals surface area contributed by atoms with Crippen LogP contribution in [0.15, 0.2) is 45.8 Å². The van der Waals surface area contributed by atoms with E-state index >= 15 is 0 Å². The lowest BCUT2D eigenvalue weighted by Crippen LogP contribution is -2.29. The molecule has 0 atom stereocenters. The first-order valence-electron chi connectivity index (χ1n) is 7.64. The molecule has 2 heterocycles. The van der Waals surface area contributed by atoms with Gasteiger partial charge in [-0.15, -0.1) is 11.3 Å². The van der Waals surface area contributed by atoms with Crippen molar-refractivity contribution in [2.24, 2.45) is 12.2 Å². The van der Waals surface area contributed by atoms with Crippen molar-refractivity contribution < 1.29 is 4.79 Å². The fourth-order valence-corrected chi connectivity index (χ4v) is 3.81. The quantitative estimate of drug-likeness (QED) is 0.406. The van der Waals surface area contributed by atoms with Crippen molar-refractivity contribution in [2.45, 2.75) is 13.1 Å². The number of benzene rings is 1. The number of fused-ring (bicyclic) bond motifs is 1. The predicted octanol–water partition coefficient (Wildman–Crippen LogP) is 3.99. The molecule has 0 aliphatic carbocycles. The van der Waals surface area contributed by atoms with Crippen molar-refractivity contribution >= 4 is 39.1 Å². The second-order valence-electron chi connectivity index (χ2n) is 5.62. The van der Waals surface area contributed by atoms with Crippen molar-refractivity contribution in [2.75, 3.05) is 0 Å². The Morgan fingerprint density at radius 2 is 2.12 bits per heavy atom. The number of azide groups is 1. The van der Waals surface area contributed by atoms with Crippen molar-refractivity contribution in [1.29, 1.82) is 0 Å². The van der Waals surface area contributed by atoms with Gasteiger partial charge in [0.15, 0.2) is 0 Å². The minimum absolute atomic E-state index is 0.0751. The van der Waals surface area contributed by atoms with E-state index in [0.29, 0.717) is 21.8 Å². The molecule has 26 heavy (non-hydrogen) atoms. The third-order valence-corrected chi connectivity index (χ3v) is 5.15. The van der Waals surface area contributed by atoms with E-state index in [2.05, 4.69) is 15.3 Å². The third-order valence-electron chi connectivity index (χ3n) is 3.88. The van der Waals surface area contributed by atoms with E-state index in [-0.39, 0.29) is 17.5 Å². The van der Waals surface area contributed by atoms with Crippen LogP contribution in [-0.2, 0) is 20.1 Å². The Hall–Kier alpha value is -2.80. The van der Waals surface area contributed by atoms with Gasteiger partial charge in [0.2, 0.25) is 5.43 Å². The van der Waals surface area contributed by atoms with Crippen LogP contribution in [0.1, 0.15) is 21.5 Å². The highest BCUT2D eigenvalue weighted by molar-refractivity contribution is 7.17. The molecule has 1 amide bonds. The maximum atomic E-state index is 12.7. The van der Waals surface area contributed by atoms with Gasteiger partial charge in [-0.25, -0.2) is 0 Å². The van der Waals surface area contributed by atoms with Gasteiger partial charge in [-0.1, -0.05) is 28.8 Å². The molecule has 0 saturated heterocycles. The Balaban J connectivity index is 1.89. The second-order valence-corrected chi connectivity index (χ2v) is 6.94. The number of amides is 1. The fourth-order valence-electron chi connectivity index (χ4n) is 2.64. The van der Waals surface area contributed by atoms with E-state index in [4.69, 9.17) is 17.1 Å². The highest BCUT2D eigenvalue weighted by atomic mass is 35.5. The van der Waals surface area contributed by atoms with Gasteiger partial charge in [0.05, 0.1) is 16.8 Å². The number of carbonyl (C=O) groups excluding carboxylic acids is 1. The highest BCUT2D eigenvalue weighted by Crippen LogP contribution is 2.24. The van der Waals surface area contributed by atoms with Gasteiger partial charge in [-0.2, -0.15) is 0 Å². The molecule has 2 aromatic heterocycles. The van der Waals surface area contributed by atoms with Crippen LogP contribution in [0.5, 0.6) is 0 Å². The van der Waals surface area contributed by atoms with Gasteiger partial charge in [0.1, 0.15) is 5.56 Å². The number of aromatic nitrogens is 1. The summed E-state index contributed by atoms with van der Waals surface area (Å²) in [4.78, 5) is 27.9. The standard InChI is InChI=1S/C17H14ClN5O2S/c1-23-8-13(17(25)20-6-10-2-4-12(18)5-3-10)15(24)16-14(23)11(9-26-16)7-21-22-19/h2-5,8-9H,6-7H2,1H3,(H,20,25). The Bertz CT molecular complexity index is 1080. The van der Waals surface area contributed by atoms with Crippen LogP contribution in [0.25, 0.3) is 20.7 Å². The van der Waals surface area contributed by atoms with Crippen LogP contribution in [0.4, 0.5) is 0 Å². The maximum Gasteiger partial charge on any atom is 0.257 e. The van der Waals surface area contributed by atoms with E-state index in [0.717, 1.165) is 11.1 Å². The van der Waals surface area contributed by atoms with Crippen LogP contribution >= 0.6 is 22.9 Å². The largest absolute Gasteiger partial charge is 0.349 e. The van der Waals surface area contributed by atoms with Crippen molar-refractivity contribution in [3.8, 4) is 0 Å². The van der Waals surface area contributed by atoms with Crippen molar-refractivity contribution in [1.82, 2.24) is 9.88 Å². The number of rotatable bonds is 5. The molecular formula is C17H14ClN5O2S. The number of halogens is 1. The Kier molecular flexibility index (Phi) is 5.27. The molecule has 0 aliphatic rings. The summed E-state index contributed by atoms with van der Waals surface area (Å²) in [7, 11) is 1.75. The third kappa shape index (κ3) is 3.57. The van der Waals surface area contributed by atoms with Gasteiger partial charge in [-0.05, 0) is 34.2 Å². The molecule has 3 rings (SSSR count). The zero-order chi connectivity index (χ0) is 18.7. The number of pyridine rings is 1. The SMILES string of the molecule is Cn1cc(C(=O)NCc2ccc(Cl)cc2)c(=O)c2scc(CN=[N+]=[N-])c21. The average molecular weight is 388 g/mol. The number of hydrogen-bond acceptors (Lipinski definition) is 4. The first-order chi connectivity index (χ1) is 12.5. The number of hydrogen-bond donors (Lipinski definition) is 1. The minimum atomic E-state index is -0.438. The molecule has 7 nitrogen and oxygen atoms in total. The number of carbonyl (C=O) groups is 1. The van der Waals surface area contributed by atoms with Crippen LogP contribution < -0.4 is 10.7 Å². The molecule has 0 unspecified atom stereocenters. The summed E-state index contributed by atoms with van der Waals surface area (Å²) < 4.78 is 2.18. The normalized spacial score (nSPS) is 10.5. The monoisotopic (exact) mass is 387 g/mol. The Morgan fingerprint density at radius 1 is 1.38 bits per heavy atom. The number of nitrogens with one attached hydrogen (secondary N) is 1. The topological polar surface area (TPSA) is 99.9 Å². The summed E-state index contributed by atoms with van der Waals surface area (Å²) in [5.41, 5.74) is 10.5. The van der Waals surface area contributed by atoms with Gasteiger partial charge in [-0.3, -0.25) is 9.59 Å². The Morgan fingerprint density at radius 3 is 2.81 bits per heavy atom. The highest BCUT2D eigenvalue weighted by Gasteiger charge is 2.17. The number of aryl methyl sites for hydroxylation is 1. The van der Waals surface area contributed by atoms with Crippen LogP contribution in [0, 0.1) is 0 Å². The lowest BCUT2D eigenvalue weighted by molar-refractivity contribution is 0.0949. The summed E-state index contributed by atoms with van der Waals surface area (Å²) in [5.74, 6) is -0.438. The van der Waals surface area contributed by atoms with Gasteiger partial charge >= 0.3 is 0 Å². The lowest BCUT2D eigenvalue weighted by atomic mass is 10.2. The van der Waals surface area contributed by atoms with Gasteiger partial charge < -0.3 is 9.88 Å². The zero-order valence-corrected chi connectivity index (χ0v) is 15.3. The molecule has 0 aliphatic heterocycles. The van der Waals surface area contributed by atoms with Gasteiger partial charge in [0.25, 0.3) is 5.91 Å². The first-order valence-corrected chi connectivity index (χ1v) is 8.90. The van der Waals surface area contributed by atoms with E-state index in [1.165, 1.54) is 17.5 Å². The zero-order valence-electron chi connectivity index (χ0n) is 13.8. The smallest absolute Gasteiger partial charge is 0.257 e. The first kappa shape index (κ1) is 18.0. The maximum absolute atomic E-state index is 12.7. The van der Waals surface area contributed by atoms with E-state index in [1.54, 1.807) is 29.1 Å². The summed E-state index contributed by atoms with van der Waals surface area (Å²) in [6.45, 7) is 0.454. The predicted molar refractivity (Wildman–Crippen MR) is 103 cm³/mol. The summed E-state index contributed by atoms with van der Waals surface area (Å²) in [6.07, 6.45) is 1.51. The van der Waals surface area contributed by atoms with Gasteiger partial charge in [0, 0.05) is 29.7 Å². The van der Waals surface area contributed by atoms with Crippen LogP contribution in [-0.4, -0.2) is 10.5 Å². The molecule has 9 heteroatoms. The second kappa shape index (κ2) is 7.61. The van der Waals surface area contributed by atoms with Crippen molar-refractivity contribution in [3.05, 3.63) is 78.2 Å².